The minimum Gasteiger partial charge on any atom is -0.310 e. The molecule has 1 aromatic carbocycles. The number of aromatic nitrogens is 3. The third-order valence-corrected chi connectivity index (χ3v) is 3.47. The Morgan fingerprint density at radius 2 is 2.28 bits per heavy atom. The SMILES string of the molecule is CCNCc1ncnn1Cc1cccc(F)c1Br. The summed E-state index contributed by atoms with van der Waals surface area (Å²) in [5.74, 6) is 0.578. The highest BCUT2D eigenvalue weighted by atomic mass is 79.9. The Kier molecular flexibility index (Phi) is 4.43. The van der Waals surface area contributed by atoms with Crippen LogP contribution in [0.2, 0.25) is 0 Å². The summed E-state index contributed by atoms with van der Waals surface area (Å²) in [6.45, 7) is 4.06. The molecule has 0 atom stereocenters. The summed E-state index contributed by atoms with van der Waals surface area (Å²) in [4.78, 5) is 4.18. The van der Waals surface area contributed by atoms with Crippen LogP contribution in [0, 0.1) is 5.82 Å². The first-order chi connectivity index (χ1) is 8.72. The number of hydrogen-bond acceptors (Lipinski definition) is 3. The number of nitrogens with zero attached hydrogens (tertiary/aromatic N) is 3. The van der Waals surface area contributed by atoms with E-state index in [-0.39, 0.29) is 5.82 Å². The minimum atomic E-state index is -0.263. The van der Waals surface area contributed by atoms with Crippen molar-refractivity contribution in [2.24, 2.45) is 0 Å². The van der Waals surface area contributed by atoms with E-state index in [2.05, 4.69) is 31.3 Å². The number of benzene rings is 1. The van der Waals surface area contributed by atoms with Crippen molar-refractivity contribution in [3.63, 3.8) is 0 Å². The summed E-state index contributed by atoms with van der Waals surface area (Å²) in [5.41, 5.74) is 0.846. The van der Waals surface area contributed by atoms with E-state index in [1.54, 1.807) is 10.7 Å². The Morgan fingerprint density at radius 1 is 1.44 bits per heavy atom. The third kappa shape index (κ3) is 2.94. The maximum atomic E-state index is 13.4. The van der Waals surface area contributed by atoms with Gasteiger partial charge >= 0.3 is 0 Å². The van der Waals surface area contributed by atoms with Gasteiger partial charge in [0.1, 0.15) is 18.0 Å². The van der Waals surface area contributed by atoms with Crippen molar-refractivity contribution in [1.29, 1.82) is 0 Å². The molecule has 2 aromatic rings. The molecule has 0 saturated heterocycles. The number of hydrogen-bond donors (Lipinski definition) is 1. The Morgan fingerprint density at radius 3 is 3.06 bits per heavy atom. The van der Waals surface area contributed by atoms with E-state index >= 15 is 0 Å². The van der Waals surface area contributed by atoms with Crippen molar-refractivity contribution in [2.75, 3.05) is 6.54 Å². The molecule has 1 aromatic heterocycles. The molecule has 0 aliphatic carbocycles. The van der Waals surface area contributed by atoms with Gasteiger partial charge in [-0.2, -0.15) is 5.10 Å². The maximum Gasteiger partial charge on any atom is 0.141 e. The first kappa shape index (κ1) is 13.2. The van der Waals surface area contributed by atoms with Gasteiger partial charge < -0.3 is 5.32 Å². The molecule has 4 nitrogen and oxygen atoms in total. The summed E-state index contributed by atoms with van der Waals surface area (Å²) in [6, 6.07) is 4.98. The van der Waals surface area contributed by atoms with Crippen LogP contribution in [-0.2, 0) is 13.1 Å². The van der Waals surface area contributed by atoms with Crippen molar-refractivity contribution in [2.45, 2.75) is 20.0 Å². The van der Waals surface area contributed by atoms with Gasteiger partial charge in [-0.15, -0.1) is 0 Å². The highest BCUT2D eigenvalue weighted by Gasteiger charge is 2.09. The average molecular weight is 313 g/mol. The smallest absolute Gasteiger partial charge is 0.141 e. The van der Waals surface area contributed by atoms with Crippen molar-refractivity contribution in [3.05, 3.63) is 46.2 Å². The lowest BCUT2D eigenvalue weighted by Crippen LogP contribution is -2.17. The molecule has 0 radical (unpaired) electrons. The summed E-state index contributed by atoms with van der Waals surface area (Å²) in [6.07, 6.45) is 1.51. The van der Waals surface area contributed by atoms with E-state index in [0.717, 1.165) is 17.9 Å². The predicted octanol–water partition coefficient (Wildman–Crippen LogP) is 2.34. The molecule has 1 N–H and O–H groups in total. The van der Waals surface area contributed by atoms with Gasteiger partial charge in [0.15, 0.2) is 0 Å². The quantitative estimate of drug-likeness (QED) is 0.921. The van der Waals surface area contributed by atoms with Crippen LogP contribution in [0.1, 0.15) is 18.3 Å². The lowest BCUT2D eigenvalue weighted by molar-refractivity contribution is 0.584. The second-order valence-corrected chi connectivity index (χ2v) is 4.62. The van der Waals surface area contributed by atoms with Crippen LogP contribution in [0.25, 0.3) is 0 Å². The standard InChI is InChI=1S/C12H14BrFN4/c1-2-15-6-11-16-8-17-18(11)7-9-4-3-5-10(14)12(9)13/h3-5,8,15H,2,6-7H2,1H3. The van der Waals surface area contributed by atoms with Gasteiger partial charge in [-0.3, -0.25) is 0 Å². The molecule has 0 spiro atoms. The maximum absolute atomic E-state index is 13.4. The van der Waals surface area contributed by atoms with Crippen LogP contribution in [-0.4, -0.2) is 21.3 Å². The molecule has 6 heteroatoms. The largest absolute Gasteiger partial charge is 0.310 e. The third-order valence-electron chi connectivity index (χ3n) is 2.58. The summed E-state index contributed by atoms with van der Waals surface area (Å²) < 4.78 is 15.7. The van der Waals surface area contributed by atoms with Crippen LogP contribution in [0.3, 0.4) is 0 Å². The Labute approximate surface area is 113 Å². The van der Waals surface area contributed by atoms with Gasteiger partial charge in [0.25, 0.3) is 0 Å². The van der Waals surface area contributed by atoms with Crippen LogP contribution < -0.4 is 5.32 Å². The Bertz CT molecular complexity index is 527. The van der Waals surface area contributed by atoms with Crippen LogP contribution in [0.15, 0.2) is 29.0 Å². The van der Waals surface area contributed by atoms with E-state index in [1.165, 1.54) is 12.4 Å². The fraction of sp³-hybridized carbons (Fsp3) is 0.333. The molecule has 0 saturated carbocycles. The zero-order valence-corrected chi connectivity index (χ0v) is 11.6. The van der Waals surface area contributed by atoms with Crippen molar-refractivity contribution >= 4 is 15.9 Å². The molecule has 0 aliphatic heterocycles. The zero-order valence-electron chi connectivity index (χ0n) is 10.0. The summed E-state index contributed by atoms with van der Waals surface area (Å²) in [7, 11) is 0. The van der Waals surface area contributed by atoms with Gasteiger partial charge in [-0.25, -0.2) is 14.1 Å². The van der Waals surface area contributed by atoms with Gasteiger partial charge in [-0.1, -0.05) is 19.1 Å². The zero-order chi connectivity index (χ0) is 13.0. The molecule has 0 unspecified atom stereocenters. The first-order valence-electron chi connectivity index (χ1n) is 5.72. The summed E-state index contributed by atoms with van der Waals surface area (Å²) >= 11 is 3.25. The Balaban J connectivity index is 2.18. The molecule has 2 rings (SSSR count). The van der Waals surface area contributed by atoms with Crippen molar-refractivity contribution in [3.8, 4) is 0 Å². The van der Waals surface area contributed by atoms with Gasteiger partial charge in [0.2, 0.25) is 0 Å². The van der Waals surface area contributed by atoms with E-state index in [4.69, 9.17) is 0 Å². The van der Waals surface area contributed by atoms with Crippen LogP contribution in [0.5, 0.6) is 0 Å². The highest BCUT2D eigenvalue weighted by molar-refractivity contribution is 9.10. The topological polar surface area (TPSA) is 42.7 Å². The van der Waals surface area contributed by atoms with Crippen molar-refractivity contribution in [1.82, 2.24) is 20.1 Å². The fourth-order valence-electron chi connectivity index (χ4n) is 1.63. The lowest BCUT2D eigenvalue weighted by Gasteiger charge is -2.08. The van der Waals surface area contributed by atoms with Gasteiger partial charge in [0, 0.05) is 0 Å². The molecule has 0 aliphatic rings. The first-order valence-corrected chi connectivity index (χ1v) is 6.52. The van der Waals surface area contributed by atoms with Gasteiger partial charge in [0.05, 0.1) is 17.6 Å². The van der Waals surface area contributed by atoms with Gasteiger partial charge in [-0.05, 0) is 34.1 Å². The van der Waals surface area contributed by atoms with E-state index in [0.29, 0.717) is 17.6 Å². The van der Waals surface area contributed by atoms with E-state index in [9.17, 15) is 4.39 Å². The monoisotopic (exact) mass is 312 g/mol. The molecule has 0 amide bonds. The number of halogens is 2. The van der Waals surface area contributed by atoms with E-state index in [1.807, 2.05) is 13.0 Å². The minimum absolute atomic E-state index is 0.263. The number of nitrogens with one attached hydrogen (secondary N) is 1. The normalized spacial score (nSPS) is 10.8. The Hall–Kier alpha value is -1.27. The van der Waals surface area contributed by atoms with Crippen LogP contribution >= 0.6 is 15.9 Å². The second kappa shape index (κ2) is 6.06. The molecule has 96 valence electrons. The number of rotatable bonds is 5. The predicted molar refractivity (Wildman–Crippen MR) is 70.6 cm³/mol. The second-order valence-electron chi connectivity index (χ2n) is 3.83. The molecular weight excluding hydrogens is 299 g/mol. The molecular formula is C12H14BrFN4. The van der Waals surface area contributed by atoms with E-state index < -0.39 is 0 Å². The molecule has 0 fully saturated rings. The molecule has 0 bridgehead atoms. The highest BCUT2D eigenvalue weighted by Crippen LogP contribution is 2.21. The summed E-state index contributed by atoms with van der Waals surface area (Å²) in [5, 5.41) is 7.35. The molecule has 18 heavy (non-hydrogen) atoms. The fourth-order valence-corrected chi connectivity index (χ4v) is 2.02. The molecule has 1 heterocycles. The lowest BCUT2D eigenvalue weighted by atomic mass is 10.2. The average Bonchev–Trinajstić information content (AvgIpc) is 2.80. The van der Waals surface area contributed by atoms with Crippen LogP contribution in [0.4, 0.5) is 4.39 Å². The van der Waals surface area contributed by atoms with Crippen molar-refractivity contribution < 1.29 is 4.39 Å².